The van der Waals surface area contributed by atoms with Crippen molar-refractivity contribution >= 4 is 56.2 Å². The van der Waals surface area contributed by atoms with Crippen molar-refractivity contribution in [2.45, 2.75) is 32.1 Å². The van der Waals surface area contributed by atoms with E-state index >= 15 is 0 Å². The highest BCUT2D eigenvalue weighted by molar-refractivity contribution is 7.92. The number of benzene rings is 1. The normalized spacial score (nSPS) is 13.9. The molecular formula is C20H21Cl2N5O2S2. The largest absolute Gasteiger partial charge is 0.357 e. The van der Waals surface area contributed by atoms with Crippen LogP contribution in [0.25, 0.3) is 21.8 Å². The minimum atomic E-state index is -3.53. The number of nitrogens with one attached hydrogen (secondary N) is 2. The van der Waals surface area contributed by atoms with Crippen LogP contribution >= 0.6 is 34.5 Å². The SMILES string of the molecule is CCCS(=O)(=O)Nc1cc(Cl)cc(-c2nc(C3CC3)sc2-c2ccnc(NC)n2)c1Cl. The van der Waals surface area contributed by atoms with Gasteiger partial charge in [-0.3, -0.25) is 4.72 Å². The van der Waals surface area contributed by atoms with Crippen LogP contribution in [0.5, 0.6) is 0 Å². The van der Waals surface area contributed by atoms with Crippen LogP contribution in [0.2, 0.25) is 10.0 Å². The number of hydrogen-bond acceptors (Lipinski definition) is 7. The Kier molecular flexibility index (Phi) is 6.39. The molecule has 7 nitrogen and oxygen atoms in total. The number of anilines is 2. The van der Waals surface area contributed by atoms with Crippen LogP contribution in [0.3, 0.4) is 0 Å². The van der Waals surface area contributed by atoms with Crippen LogP contribution in [0.15, 0.2) is 24.4 Å². The topological polar surface area (TPSA) is 96.9 Å². The van der Waals surface area contributed by atoms with Crippen LogP contribution in [0.4, 0.5) is 11.6 Å². The third kappa shape index (κ3) is 4.95. The Morgan fingerprint density at radius 1 is 1.23 bits per heavy atom. The number of nitrogens with zero attached hydrogens (tertiary/aromatic N) is 3. The van der Waals surface area contributed by atoms with E-state index in [0.717, 1.165) is 22.7 Å². The van der Waals surface area contributed by atoms with Gasteiger partial charge < -0.3 is 5.32 Å². The molecule has 0 saturated heterocycles. The first kappa shape index (κ1) is 22.3. The van der Waals surface area contributed by atoms with E-state index in [2.05, 4.69) is 20.0 Å². The third-order valence-corrected chi connectivity index (χ3v) is 8.06. The molecule has 1 aliphatic carbocycles. The molecule has 0 unspecified atom stereocenters. The molecule has 4 rings (SSSR count). The van der Waals surface area contributed by atoms with E-state index in [4.69, 9.17) is 28.2 Å². The Morgan fingerprint density at radius 2 is 2.00 bits per heavy atom. The summed E-state index contributed by atoms with van der Waals surface area (Å²) in [6.07, 6.45) is 4.37. The maximum Gasteiger partial charge on any atom is 0.232 e. The van der Waals surface area contributed by atoms with Gasteiger partial charge in [0.1, 0.15) is 0 Å². The van der Waals surface area contributed by atoms with Crippen LogP contribution in [0, 0.1) is 0 Å². The molecule has 1 saturated carbocycles. The quantitative estimate of drug-likeness (QED) is 0.417. The molecule has 0 bridgehead atoms. The lowest BCUT2D eigenvalue weighted by molar-refractivity contribution is 0.600. The van der Waals surface area contributed by atoms with Gasteiger partial charge in [0.2, 0.25) is 16.0 Å². The fraction of sp³-hybridized carbons (Fsp3) is 0.350. The second kappa shape index (κ2) is 8.90. The number of hydrogen-bond donors (Lipinski definition) is 2. The van der Waals surface area contributed by atoms with Gasteiger partial charge in [-0.1, -0.05) is 30.1 Å². The molecule has 0 aliphatic heterocycles. The second-order valence-electron chi connectivity index (χ2n) is 7.26. The molecule has 2 N–H and O–H groups in total. The first-order valence-corrected chi connectivity index (χ1v) is 13.1. The summed E-state index contributed by atoms with van der Waals surface area (Å²) in [7, 11) is -1.78. The summed E-state index contributed by atoms with van der Waals surface area (Å²) >= 11 is 14.6. The average molecular weight is 498 g/mol. The summed E-state index contributed by atoms with van der Waals surface area (Å²) in [5.74, 6) is 0.922. The fourth-order valence-corrected chi connectivity index (χ4v) is 6.00. The standard InChI is InChI=1S/C20H21Cl2N5O2S2/c1-3-8-31(28,29)27-15-10-12(21)9-13(16(15)22)17-18(30-19(26-17)11-4-5-11)14-6-7-24-20(23-2)25-14/h6-7,9-11,27H,3-5,8H2,1-2H3,(H,23,24,25). The summed E-state index contributed by atoms with van der Waals surface area (Å²) < 4.78 is 27.2. The number of halogens is 2. The molecule has 2 heterocycles. The summed E-state index contributed by atoms with van der Waals surface area (Å²) in [5.41, 5.74) is 2.15. The molecule has 0 radical (unpaired) electrons. The molecule has 1 aliphatic rings. The second-order valence-corrected chi connectivity index (χ2v) is 10.9. The molecule has 31 heavy (non-hydrogen) atoms. The number of thiazole rings is 1. The zero-order valence-corrected chi connectivity index (χ0v) is 20.1. The molecule has 1 fully saturated rings. The zero-order valence-electron chi connectivity index (χ0n) is 16.9. The van der Waals surface area contributed by atoms with Crippen molar-refractivity contribution < 1.29 is 8.42 Å². The lowest BCUT2D eigenvalue weighted by Gasteiger charge is -2.13. The summed E-state index contributed by atoms with van der Waals surface area (Å²) in [5, 5.41) is 4.57. The van der Waals surface area contributed by atoms with Crippen molar-refractivity contribution in [1.82, 2.24) is 15.0 Å². The number of sulfonamides is 1. The fourth-order valence-electron chi connectivity index (χ4n) is 3.13. The van der Waals surface area contributed by atoms with E-state index in [1.165, 1.54) is 6.07 Å². The first-order valence-electron chi connectivity index (χ1n) is 9.83. The number of aromatic nitrogens is 3. The molecule has 1 aromatic carbocycles. The van der Waals surface area contributed by atoms with Crippen LogP contribution in [-0.4, -0.2) is 36.2 Å². The lowest BCUT2D eigenvalue weighted by Crippen LogP contribution is -2.16. The van der Waals surface area contributed by atoms with E-state index in [9.17, 15) is 8.42 Å². The summed E-state index contributed by atoms with van der Waals surface area (Å²) in [6, 6.07) is 5.03. The van der Waals surface area contributed by atoms with Crippen molar-refractivity contribution in [2.75, 3.05) is 22.8 Å². The van der Waals surface area contributed by atoms with Gasteiger partial charge in [-0.2, -0.15) is 0 Å². The zero-order chi connectivity index (χ0) is 22.2. The van der Waals surface area contributed by atoms with Gasteiger partial charge in [-0.25, -0.2) is 23.4 Å². The van der Waals surface area contributed by atoms with E-state index in [-0.39, 0.29) is 16.5 Å². The minimum Gasteiger partial charge on any atom is -0.357 e. The molecule has 0 spiro atoms. The van der Waals surface area contributed by atoms with Gasteiger partial charge in [-0.15, -0.1) is 11.3 Å². The van der Waals surface area contributed by atoms with Gasteiger partial charge in [0.05, 0.1) is 37.7 Å². The highest BCUT2D eigenvalue weighted by atomic mass is 35.5. The predicted octanol–water partition coefficient (Wildman–Crippen LogP) is 5.64. The maximum absolute atomic E-state index is 12.3. The molecule has 164 valence electrons. The summed E-state index contributed by atoms with van der Waals surface area (Å²) in [6.45, 7) is 1.80. The van der Waals surface area contributed by atoms with Crippen molar-refractivity contribution in [1.29, 1.82) is 0 Å². The van der Waals surface area contributed by atoms with Crippen LogP contribution < -0.4 is 10.0 Å². The van der Waals surface area contributed by atoms with E-state index in [1.807, 2.05) is 6.07 Å². The van der Waals surface area contributed by atoms with E-state index < -0.39 is 10.0 Å². The van der Waals surface area contributed by atoms with Crippen molar-refractivity contribution in [3.05, 3.63) is 39.4 Å². The highest BCUT2D eigenvalue weighted by Gasteiger charge is 2.30. The van der Waals surface area contributed by atoms with Crippen LogP contribution in [0.1, 0.15) is 37.1 Å². The number of rotatable bonds is 8. The smallest absolute Gasteiger partial charge is 0.232 e. The van der Waals surface area contributed by atoms with Gasteiger partial charge in [0.15, 0.2) is 0 Å². The monoisotopic (exact) mass is 497 g/mol. The molecule has 0 atom stereocenters. The van der Waals surface area contributed by atoms with Crippen molar-refractivity contribution in [3.8, 4) is 21.8 Å². The average Bonchev–Trinajstić information content (AvgIpc) is 3.49. The Morgan fingerprint density at radius 3 is 2.68 bits per heavy atom. The van der Waals surface area contributed by atoms with Crippen LogP contribution in [-0.2, 0) is 10.0 Å². The van der Waals surface area contributed by atoms with Crippen molar-refractivity contribution in [2.24, 2.45) is 0 Å². The molecule has 0 amide bonds. The Bertz CT molecular complexity index is 1230. The van der Waals surface area contributed by atoms with E-state index in [0.29, 0.717) is 40.3 Å². The Labute approximate surface area is 195 Å². The first-order chi connectivity index (χ1) is 14.8. The summed E-state index contributed by atoms with van der Waals surface area (Å²) in [4.78, 5) is 14.4. The lowest BCUT2D eigenvalue weighted by atomic mass is 10.1. The Balaban J connectivity index is 1.86. The minimum absolute atomic E-state index is 0.00726. The van der Waals surface area contributed by atoms with Gasteiger partial charge in [0.25, 0.3) is 0 Å². The van der Waals surface area contributed by atoms with Gasteiger partial charge in [-0.05, 0) is 37.5 Å². The molecular weight excluding hydrogens is 477 g/mol. The Hall–Kier alpha value is -1.94. The van der Waals surface area contributed by atoms with E-state index in [1.54, 1.807) is 37.6 Å². The third-order valence-electron chi connectivity index (χ3n) is 4.71. The predicted molar refractivity (Wildman–Crippen MR) is 128 cm³/mol. The molecule has 11 heteroatoms. The van der Waals surface area contributed by atoms with Gasteiger partial charge >= 0.3 is 0 Å². The highest BCUT2D eigenvalue weighted by Crippen LogP contribution is 2.48. The maximum atomic E-state index is 12.3. The van der Waals surface area contributed by atoms with Gasteiger partial charge in [0, 0.05) is 29.7 Å². The molecule has 3 aromatic rings. The van der Waals surface area contributed by atoms with Crippen molar-refractivity contribution in [3.63, 3.8) is 0 Å². The molecule has 2 aromatic heterocycles.